The predicted molar refractivity (Wildman–Crippen MR) is 53.5 cm³/mol. The van der Waals surface area contributed by atoms with Crippen LogP contribution in [0.15, 0.2) is 30.3 Å². The SMILES string of the molecule is NC12CC(C(F)(F)c3ccccc3)(C1)C2. The van der Waals surface area contributed by atoms with Gasteiger partial charge < -0.3 is 5.73 Å². The van der Waals surface area contributed by atoms with Crippen molar-refractivity contribution in [2.75, 3.05) is 0 Å². The lowest BCUT2D eigenvalue weighted by molar-refractivity contribution is -0.281. The molecule has 0 saturated heterocycles. The summed E-state index contributed by atoms with van der Waals surface area (Å²) in [5, 5.41) is 0. The first kappa shape index (κ1) is 9.28. The Hall–Kier alpha value is -0.960. The van der Waals surface area contributed by atoms with Gasteiger partial charge in [-0.2, -0.15) is 0 Å². The highest BCUT2D eigenvalue weighted by atomic mass is 19.3. The molecule has 0 aromatic heterocycles. The van der Waals surface area contributed by atoms with Crippen molar-refractivity contribution in [2.24, 2.45) is 11.1 Å². The van der Waals surface area contributed by atoms with E-state index in [1.54, 1.807) is 18.2 Å². The molecule has 0 aliphatic heterocycles. The van der Waals surface area contributed by atoms with Crippen molar-refractivity contribution in [2.45, 2.75) is 30.7 Å². The van der Waals surface area contributed by atoms with E-state index in [1.165, 1.54) is 12.1 Å². The molecule has 0 spiro atoms. The van der Waals surface area contributed by atoms with E-state index in [9.17, 15) is 8.78 Å². The predicted octanol–water partition coefficient (Wildman–Crippen LogP) is 2.66. The minimum absolute atomic E-state index is 0.131. The second kappa shape index (κ2) is 2.40. The average Bonchev–Trinajstić information content (AvgIpc) is 2.13. The van der Waals surface area contributed by atoms with Gasteiger partial charge >= 0.3 is 0 Å². The lowest BCUT2D eigenvalue weighted by atomic mass is 9.37. The van der Waals surface area contributed by atoms with Gasteiger partial charge in [0.25, 0.3) is 5.92 Å². The van der Waals surface area contributed by atoms with Gasteiger partial charge in [-0.15, -0.1) is 0 Å². The molecule has 0 radical (unpaired) electrons. The molecule has 15 heavy (non-hydrogen) atoms. The van der Waals surface area contributed by atoms with Gasteiger partial charge in [-0.1, -0.05) is 30.3 Å². The summed E-state index contributed by atoms with van der Waals surface area (Å²) in [5.74, 6) is -2.71. The summed E-state index contributed by atoms with van der Waals surface area (Å²) in [6, 6.07) is 8.08. The van der Waals surface area contributed by atoms with Gasteiger partial charge in [-0.05, 0) is 19.3 Å². The lowest BCUT2D eigenvalue weighted by Crippen LogP contribution is -2.76. The number of benzene rings is 1. The number of rotatable bonds is 2. The van der Waals surface area contributed by atoms with E-state index in [4.69, 9.17) is 5.73 Å². The third-order valence-corrected chi connectivity index (χ3v) is 3.87. The van der Waals surface area contributed by atoms with Crippen molar-refractivity contribution < 1.29 is 8.78 Å². The number of halogens is 2. The van der Waals surface area contributed by atoms with Crippen LogP contribution in [0.4, 0.5) is 8.78 Å². The third kappa shape index (κ3) is 0.991. The molecular weight excluding hydrogens is 196 g/mol. The Labute approximate surface area is 87.3 Å². The normalized spacial score (nSPS) is 38.1. The summed E-state index contributed by atoms with van der Waals surface area (Å²) >= 11 is 0. The molecular formula is C12H13F2N. The maximum atomic E-state index is 14.1. The molecule has 3 aliphatic carbocycles. The number of hydrogen-bond acceptors (Lipinski definition) is 1. The van der Waals surface area contributed by atoms with Crippen LogP contribution < -0.4 is 5.73 Å². The van der Waals surface area contributed by atoms with Crippen LogP contribution in [0.2, 0.25) is 0 Å². The van der Waals surface area contributed by atoms with Crippen LogP contribution in [-0.4, -0.2) is 5.54 Å². The Bertz CT molecular complexity index is 380. The second-order valence-electron chi connectivity index (χ2n) is 5.11. The number of hydrogen-bond donors (Lipinski definition) is 1. The summed E-state index contributed by atoms with van der Waals surface area (Å²) in [5.41, 5.74) is 4.85. The zero-order valence-electron chi connectivity index (χ0n) is 8.34. The largest absolute Gasteiger partial charge is 0.325 e. The van der Waals surface area contributed by atoms with Gasteiger partial charge in [0.05, 0.1) is 0 Å². The quantitative estimate of drug-likeness (QED) is 0.796. The maximum absolute atomic E-state index is 14.1. The van der Waals surface area contributed by atoms with E-state index < -0.39 is 11.3 Å². The summed E-state index contributed by atoms with van der Waals surface area (Å²) < 4.78 is 28.3. The number of alkyl halides is 2. The van der Waals surface area contributed by atoms with Gasteiger partial charge in [0, 0.05) is 16.5 Å². The monoisotopic (exact) mass is 209 g/mol. The van der Waals surface area contributed by atoms with Crippen LogP contribution in [0.5, 0.6) is 0 Å². The Morgan fingerprint density at radius 1 is 1.07 bits per heavy atom. The van der Waals surface area contributed by atoms with E-state index in [0.717, 1.165) is 0 Å². The summed E-state index contributed by atoms with van der Waals surface area (Å²) in [4.78, 5) is 0. The fourth-order valence-electron chi connectivity index (χ4n) is 3.15. The first-order valence-corrected chi connectivity index (χ1v) is 5.20. The molecule has 1 aromatic carbocycles. The van der Waals surface area contributed by atoms with Gasteiger partial charge in [-0.25, -0.2) is 8.78 Å². The Balaban J connectivity index is 1.92. The molecule has 4 rings (SSSR count). The van der Waals surface area contributed by atoms with Gasteiger partial charge in [0.15, 0.2) is 0 Å². The van der Waals surface area contributed by atoms with E-state index in [0.29, 0.717) is 19.3 Å². The average molecular weight is 209 g/mol. The molecule has 1 aromatic rings. The number of nitrogens with two attached hydrogens (primary N) is 1. The van der Waals surface area contributed by atoms with Crippen LogP contribution in [0, 0.1) is 5.41 Å². The van der Waals surface area contributed by atoms with Crippen molar-refractivity contribution in [3.8, 4) is 0 Å². The first-order valence-electron chi connectivity index (χ1n) is 5.20. The van der Waals surface area contributed by atoms with Crippen LogP contribution in [0.25, 0.3) is 0 Å². The Kier molecular flexibility index (Phi) is 1.49. The molecule has 80 valence electrons. The highest BCUT2D eigenvalue weighted by Crippen LogP contribution is 2.74. The summed E-state index contributed by atoms with van der Waals surface area (Å²) in [6.45, 7) is 0. The van der Waals surface area contributed by atoms with Crippen LogP contribution >= 0.6 is 0 Å². The topological polar surface area (TPSA) is 26.0 Å². The summed E-state index contributed by atoms with van der Waals surface area (Å²) in [6.07, 6.45) is 1.42. The summed E-state index contributed by atoms with van der Waals surface area (Å²) in [7, 11) is 0. The van der Waals surface area contributed by atoms with Gasteiger partial charge in [0.1, 0.15) is 0 Å². The molecule has 2 N–H and O–H groups in total. The zero-order chi connectivity index (χ0) is 10.7. The van der Waals surface area contributed by atoms with Crippen molar-refractivity contribution in [3.05, 3.63) is 35.9 Å². The highest BCUT2D eigenvalue weighted by molar-refractivity contribution is 5.33. The molecule has 0 unspecified atom stereocenters. The molecule has 0 heterocycles. The van der Waals surface area contributed by atoms with Crippen LogP contribution in [0.3, 0.4) is 0 Å². The molecule has 3 aliphatic rings. The fourth-order valence-corrected chi connectivity index (χ4v) is 3.15. The Morgan fingerprint density at radius 2 is 1.60 bits per heavy atom. The first-order chi connectivity index (χ1) is 6.98. The molecule has 3 fully saturated rings. The minimum Gasteiger partial charge on any atom is -0.325 e. The van der Waals surface area contributed by atoms with E-state index in [2.05, 4.69) is 0 Å². The third-order valence-electron chi connectivity index (χ3n) is 3.87. The molecule has 2 bridgehead atoms. The Morgan fingerprint density at radius 3 is 2.07 bits per heavy atom. The van der Waals surface area contributed by atoms with E-state index >= 15 is 0 Å². The second-order valence-corrected chi connectivity index (χ2v) is 5.11. The molecule has 3 heteroatoms. The van der Waals surface area contributed by atoms with Crippen molar-refractivity contribution in [1.29, 1.82) is 0 Å². The van der Waals surface area contributed by atoms with Crippen molar-refractivity contribution in [3.63, 3.8) is 0 Å². The smallest absolute Gasteiger partial charge is 0.278 e. The lowest BCUT2D eigenvalue weighted by Gasteiger charge is -2.71. The molecule has 0 atom stereocenters. The van der Waals surface area contributed by atoms with E-state index in [1.807, 2.05) is 0 Å². The fraction of sp³-hybridized carbons (Fsp3) is 0.500. The standard InChI is InChI=1S/C12H13F2N/c13-12(14,9-4-2-1-3-5-9)10-6-11(15,7-10)8-10/h1-5H,6-8,15H2. The zero-order valence-corrected chi connectivity index (χ0v) is 8.34. The van der Waals surface area contributed by atoms with Crippen molar-refractivity contribution in [1.82, 2.24) is 0 Å². The van der Waals surface area contributed by atoms with Crippen LogP contribution in [0.1, 0.15) is 24.8 Å². The van der Waals surface area contributed by atoms with E-state index in [-0.39, 0.29) is 11.1 Å². The highest BCUT2D eigenvalue weighted by Gasteiger charge is 2.76. The molecule has 0 amide bonds. The van der Waals surface area contributed by atoms with Gasteiger partial charge in [0.2, 0.25) is 0 Å². The molecule has 1 nitrogen and oxygen atoms in total. The molecule has 3 saturated carbocycles. The maximum Gasteiger partial charge on any atom is 0.278 e. The minimum atomic E-state index is -2.71. The van der Waals surface area contributed by atoms with Crippen LogP contribution in [-0.2, 0) is 5.92 Å². The van der Waals surface area contributed by atoms with Gasteiger partial charge in [-0.3, -0.25) is 0 Å². The van der Waals surface area contributed by atoms with Crippen molar-refractivity contribution >= 4 is 0 Å².